The molecule has 3 rings (SSSR count). The van der Waals surface area contributed by atoms with Gasteiger partial charge in [0.1, 0.15) is 6.04 Å². The lowest BCUT2D eigenvalue weighted by molar-refractivity contribution is -0.137. The maximum Gasteiger partial charge on any atom is 0.246 e. The van der Waals surface area contributed by atoms with Crippen LogP contribution in [0.5, 0.6) is 0 Å². The minimum absolute atomic E-state index is 0.122. The van der Waals surface area contributed by atoms with Crippen molar-refractivity contribution in [3.63, 3.8) is 0 Å². The van der Waals surface area contributed by atoms with Crippen LogP contribution in [0.1, 0.15) is 25.1 Å². The molecule has 3 atom stereocenters. The third kappa shape index (κ3) is 2.85. The van der Waals surface area contributed by atoms with Crippen molar-refractivity contribution in [3.05, 3.63) is 18.0 Å². The number of carbonyl (C=O) groups excluding carboxylic acids is 2. The lowest BCUT2D eigenvalue weighted by atomic mass is 10.1. The third-order valence-electron chi connectivity index (χ3n) is 4.44. The van der Waals surface area contributed by atoms with E-state index in [0.717, 1.165) is 12.1 Å². The number of ether oxygens (including phenoxy) is 1. The second-order valence-corrected chi connectivity index (χ2v) is 6.10. The Morgan fingerprint density at radius 1 is 1.50 bits per heavy atom. The molecule has 0 radical (unpaired) electrons. The minimum atomic E-state index is -0.464. The highest BCUT2D eigenvalue weighted by Crippen LogP contribution is 2.40. The molecule has 2 heterocycles. The monoisotopic (exact) mass is 306 g/mol. The molecule has 1 saturated carbocycles. The van der Waals surface area contributed by atoms with Crippen LogP contribution in [-0.4, -0.2) is 53.3 Å². The Morgan fingerprint density at radius 2 is 2.27 bits per heavy atom. The molecule has 0 saturated heterocycles. The molecule has 1 aromatic heterocycles. The summed E-state index contributed by atoms with van der Waals surface area (Å²) in [4.78, 5) is 26.7. The molecule has 1 aliphatic carbocycles. The Hall–Kier alpha value is -1.89. The fourth-order valence-electron chi connectivity index (χ4n) is 2.95. The van der Waals surface area contributed by atoms with Crippen LogP contribution >= 0.6 is 0 Å². The summed E-state index contributed by atoms with van der Waals surface area (Å²) < 4.78 is 6.67. The van der Waals surface area contributed by atoms with Crippen LogP contribution in [0.2, 0.25) is 0 Å². The largest absolute Gasteiger partial charge is 0.383 e. The quantitative estimate of drug-likeness (QED) is 0.788. The fourth-order valence-corrected chi connectivity index (χ4v) is 2.95. The zero-order valence-electron chi connectivity index (χ0n) is 13.0. The van der Waals surface area contributed by atoms with Gasteiger partial charge < -0.3 is 15.0 Å². The highest BCUT2D eigenvalue weighted by molar-refractivity contribution is 5.84. The van der Waals surface area contributed by atoms with E-state index in [-0.39, 0.29) is 17.7 Å². The van der Waals surface area contributed by atoms with Crippen molar-refractivity contribution in [3.8, 4) is 0 Å². The SMILES string of the molecule is COCCNC(=O)[C@@H]1CN(C(=O)[C@H]2C[C@H]2C)Cc2ccnn21. The maximum absolute atomic E-state index is 12.5. The van der Waals surface area contributed by atoms with Gasteiger partial charge >= 0.3 is 0 Å². The summed E-state index contributed by atoms with van der Waals surface area (Å²) >= 11 is 0. The molecule has 1 N–H and O–H groups in total. The van der Waals surface area contributed by atoms with Crippen molar-refractivity contribution in [2.24, 2.45) is 11.8 Å². The van der Waals surface area contributed by atoms with Gasteiger partial charge in [0.2, 0.25) is 11.8 Å². The molecule has 0 aromatic carbocycles. The fraction of sp³-hybridized carbons (Fsp3) is 0.667. The van der Waals surface area contributed by atoms with E-state index in [1.54, 1.807) is 22.9 Å². The average Bonchev–Trinajstić information content (AvgIpc) is 3.05. The first-order valence-electron chi connectivity index (χ1n) is 7.69. The van der Waals surface area contributed by atoms with Gasteiger partial charge in [-0.25, -0.2) is 0 Å². The summed E-state index contributed by atoms with van der Waals surface area (Å²) in [5.74, 6) is 0.637. The van der Waals surface area contributed by atoms with Crippen LogP contribution in [0.4, 0.5) is 0 Å². The molecule has 120 valence electrons. The highest BCUT2D eigenvalue weighted by atomic mass is 16.5. The van der Waals surface area contributed by atoms with Crippen LogP contribution in [0.25, 0.3) is 0 Å². The van der Waals surface area contributed by atoms with Crippen molar-refractivity contribution >= 4 is 11.8 Å². The molecule has 7 heteroatoms. The summed E-state index contributed by atoms with van der Waals surface area (Å²) in [7, 11) is 1.59. The Kier molecular flexibility index (Phi) is 4.15. The number of hydrogen-bond acceptors (Lipinski definition) is 4. The molecular weight excluding hydrogens is 284 g/mol. The Morgan fingerprint density at radius 3 is 2.95 bits per heavy atom. The van der Waals surface area contributed by atoms with E-state index in [9.17, 15) is 9.59 Å². The van der Waals surface area contributed by atoms with Crippen molar-refractivity contribution in [1.82, 2.24) is 20.0 Å². The Balaban J connectivity index is 1.72. The van der Waals surface area contributed by atoms with E-state index in [2.05, 4.69) is 17.3 Å². The minimum Gasteiger partial charge on any atom is -0.383 e. The zero-order valence-corrected chi connectivity index (χ0v) is 13.0. The van der Waals surface area contributed by atoms with E-state index < -0.39 is 6.04 Å². The van der Waals surface area contributed by atoms with Crippen LogP contribution in [0.3, 0.4) is 0 Å². The van der Waals surface area contributed by atoms with Crippen molar-refractivity contribution in [2.45, 2.75) is 25.9 Å². The van der Waals surface area contributed by atoms with Gasteiger partial charge in [-0.05, 0) is 18.4 Å². The number of methoxy groups -OCH3 is 1. The number of hydrogen-bond donors (Lipinski definition) is 1. The van der Waals surface area contributed by atoms with Gasteiger partial charge in [-0.15, -0.1) is 0 Å². The van der Waals surface area contributed by atoms with Crippen LogP contribution < -0.4 is 5.32 Å². The number of nitrogens with one attached hydrogen (secondary N) is 1. The van der Waals surface area contributed by atoms with Crippen molar-refractivity contribution in [2.75, 3.05) is 26.8 Å². The second-order valence-electron chi connectivity index (χ2n) is 6.10. The number of rotatable bonds is 5. The molecular formula is C15H22N4O3. The molecule has 1 aromatic rings. The molecule has 2 amide bonds. The summed E-state index contributed by atoms with van der Waals surface area (Å²) in [5.41, 5.74) is 0.903. The van der Waals surface area contributed by atoms with E-state index >= 15 is 0 Å². The Bertz CT molecular complexity index is 571. The topological polar surface area (TPSA) is 76.5 Å². The zero-order chi connectivity index (χ0) is 15.7. The lowest BCUT2D eigenvalue weighted by Crippen LogP contribution is -2.48. The van der Waals surface area contributed by atoms with Gasteiger partial charge in [-0.1, -0.05) is 6.92 Å². The first kappa shape index (κ1) is 15.0. The van der Waals surface area contributed by atoms with Gasteiger partial charge in [-0.2, -0.15) is 5.10 Å². The molecule has 1 aliphatic heterocycles. The normalized spacial score (nSPS) is 26.5. The smallest absolute Gasteiger partial charge is 0.246 e. The first-order chi connectivity index (χ1) is 10.6. The summed E-state index contributed by atoms with van der Waals surface area (Å²) in [6, 6.07) is 1.40. The van der Waals surface area contributed by atoms with E-state index in [1.807, 2.05) is 6.07 Å². The van der Waals surface area contributed by atoms with E-state index in [1.165, 1.54) is 0 Å². The van der Waals surface area contributed by atoms with Crippen LogP contribution in [0.15, 0.2) is 12.3 Å². The van der Waals surface area contributed by atoms with E-state index in [4.69, 9.17) is 4.74 Å². The Labute approximate surface area is 129 Å². The predicted octanol–water partition coefficient (Wildman–Crippen LogP) is 0.185. The number of fused-ring (bicyclic) bond motifs is 1. The summed E-state index contributed by atoms with van der Waals surface area (Å²) in [5, 5.41) is 7.08. The number of nitrogens with zero attached hydrogens (tertiary/aromatic N) is 3. The standard InChI is InChI=1S/C15H22N4O3/c1-10-7-12(10)15(21)18-8-11-3-4-17-19(11)13(9-18)14(20)16-5-6-22-2/h3-4,10,12-13H,5-9H2,1-2H3,(H,16,20)/t10-,12+,13+/m1/s1. The molecule has 0 unspecified atom stereocenters. The van der Waals surface area contributed by atoms with Crippen molar-refractivity contribution < 1.29 is 14.3 Å². The van der Waals surface area contributed by atoms with Gasteiger partial charge in [-0.3, -0.25) is 14.3 Å². The molecule has 1 fully saturated rings. The second kappa shape index (κ2) is 6.08. The number of aromatic nitrogens is 2. The molecule has 0 spiro atoms. The van der Waals surface area contributed by atoms with Gasteiger partial charge in [0, 0.05) is 25.8 Å². The third-order valence-corrected chi connectivity index (χ3v) is 4.44. The molecule has 0 bridgehead atoms. The van der Waals surface area contributed by atoms with Crippen LogP contribution in [0, 0.1) is 11.8 Å². The first-order valence-corrected chi connectivity index (χ1v) is 7.69. The maximum atomic E-state index is 12.5. The summed E-state index contributed by atoms with van der Waals surface area (Å²) in [6.45, 7) is 3.92. The average molecular weight is 306 g/mol. The highest BCUT2D eigenvalue weighted by Gasteiger charge is 2.43. The lowest BCUT2D eigenvalue weighted by Gasteiger charge is -2.33. The molecule has 22 heavy (non-hydrogen) atoms. The van der Waals surface area contributed by atoms with E-state index in [0.29, 0.717) is 32.2 Å². The number of amides is 2. The van der Waals surface area contributed by atoms with Gasteiger partial charge in [0.15, 0.2) is 0 Å². The number of carbonyl (C=O) groups is 2. The van der Waals surface area contributed by atoms with Crippen LogP contribution in [-0.2, 0) is 20.9 Å². The van der Waals surface area contributed by atoms with Crippen molar-refractivity contribution in [1.29, 1.82) is 0 Å². The van der Waals surface area contributed by atoms with Gasteiger partial charge in [0.05, 0.1) is 25.4 Å². The predicted molar refractivity (Wildman–Crippen MR) is 78.8 cm³/mol. The van der Waals surface area contributed by atoms with Gasteiger partial charge in [0.25, 0.3) is 0 Å². The molecule has 7 nitrogen and oxygen atoms in total. The molecule has 2 aliphatic rings. The summed E-state index contributed by atoms with van der Waals surface area (Å²) in [6.07, 6.45) is 2.64.